The molecular weight excluding hydrogens is 272 g/mol. The number of hydrogen-bond acceptors (Lipinski definition) is 1. The highest BCUT2D eigenvalue weighted by atomic mass is 16.4. The van der Waals surface area contributed by atoms with Crippen molar-refractivity contribution in [2.75, 3.05) is 0 Å². The van der Waals surface area contributed by atoms with Crippen molar-refractivity contribution in [3.8, 4) is 0 Å². The molecule has 4 rings (SSSR count). The molecule has 22 heavy (non-hydrogen) atoms. The third-order valence-electron chi connectivity index (χ3n) is 4.22. The molecule has 0 aliphatic carbocycles. The van der Waals surface area contributed by atoms with Crippen LogP contribution in [0, 0.1) is 0 Å². The molecule has 0 radical (unpaired) electrons. The Labute approximate surface area is 127 Å². The Balaban J connectivity index is 2.11. The highest BCUT2D eigenvalue weighted by molar-refractivity contribution is 6.17. The maximum Gasteiger partial charge on any atom is 0.307 e. The molecule has 0 spiro atoms. The summed E-state index contributed by atoms with van der Waals surface area (Å²) in [4.78, 5) is 11.1. The number of hydrogen-bond donors (Lipinski definition) is 1. The first-order valence-corrected chi connectivity index (χ1v) is 7.28. The normalized spacial score (nSPS) is 11.3. The molecular formula is C20H14O2. The van der Waals surface area contributed by atoms with Crippen LogP contribution in [0.5, 0.6) is 0 Å². The Hall–Kier alpha value is -2.87. The molecule has 0 saturated carbocycles. The lowest BCUT2D eigenvalue weighted by Gasteiger charge is -2.10. The third kappa shape index (κ3) is 1.92. The van der Waals surface area contributed by atoms with Crippen molar-refractivity contribution in [2.24, 2.45) is 0 Å². The molecule has 2 nitrogen and oxygen atoms in total. The minimum atomic E-state index is -0.800. The predicted octanol–water partition coefficient (Wildman–Crippen LogP) is 4.77. The summed E-state index contributed by atoms with van der Waals surface area (Å²) in [6, 6.07) is 22.6. The zero-order valence-corrected chi connectivity index (χ0v) is 11.9. The smallest absolute Gasteiger partial charge is 0.307 e. The fourth-order valence-electron chi connectivity index (χ4n) is 3.24. The van der Waals surface area contributed by atoms with Gasteiger partial charge >= 0.3 is 5.97 Å². The molecule has 0 bridgehead atoms. The van der Waals surface area contributed by atoms with Crippen molar-refractivity contribution in [3.05, 3.63) is 72.3 Å². The van der Waals surface area contributed by atoms with Gasteiger partial charge in [-0.3, -0.25) is 4.79 Å². The van der Waals surface area contributed by atoms with E-state index in [0.717, 1.165) is 16.3 Å². The summed E-state index contributed by atoms with van der Waals surface area (Å²) < 4.78 is 0. The number of carbonyl (C=O) groups is 1. The zero-order valence-electron chi connectivity index (χ0n) is 11.9. The second kappa shape index (κ2) is 4.85. The molecule has 0 heterocycles. The summed E-state index contributed by atoms with van der Waals surface area (Å²) in [7, 11) is 0. The molecule has 0 amide bonds. The zero-order chi connectivity index (χ0) is 15.1. The second-order valence-corrected chi connectivity index (χ2v) is 5.53. The first-order valence-electron chi connectivity index (χ1n) is 7.28. The molecule has 0 aromatic heterocycles. The van der Waals surface area contributed by atoms with Crippen molar-refractivity contribution >= 4 is 38.3 Å². The van der Waals surface area contributed by atoms with Gasteiger partial charge in [0.1, 0.15) is 0 Å². The Morgan fingerprint density at radius 1 is 0.682 bits per heavy atom. The van der Waals surface area contributed by atoms with E-state index in [2.05, 4.69) is 36.4 Å². The van der Waals surface area contributed by atoms with Crippen LogP contribution in [0.1, 0.15) is 5.56 Å². The van der Waals surface area contributed by atoms with Gasteiger partial charge in [-0.25, -0.2) is 0 Å². The first-order chi connectivity index (χ1) is 10.7. The standard InChI is InChI=1S/C20H14O2/c21-20(22)12-14-5-3-7-17-16(14)10-11-18-15-6-2-1-4-13(15)8-9-19(17)18/h1-11H,12H2,(H,21,22). The van der Waals surface area contributed by atoms with Gasteiger partial charge in [0.05, 0.1) is 6.42 Å². The number of carboxylic acid groups (broad SMARTS) is 1. The van der Waals surface area contributed by atoms with E-state index >= 15 is 0 Å². The summed E-state index contributed by atoms with van der Waals surface area (Å²) in [6.45, 7) is 0. The maximum atomic E-state index is 11.1. The van der Waals surface area contributed by atoms with E-state index in [1.165, 1.54) is 21.5 Å². The number of fused-ring (bicyclic) bond motifs is 5. The summed E-state index contributed by atoms with van der Waals surface area (Å²) in [5.41, 5.74) is 0.861. The van der Waals surface area contributed by atoms with Crippen molar-refractivity contribution in [2.45, 2.75) is 6.42 Å². The number of rotatable bonds is 2. The third-order valence-corrected chi connectivity index (χ3v) is 4.22. The number of benzene rings is 4. The predicted molar refractivity (Wildman–Crippen MR) is 90.3 cm³/mol. The van der Waals surface area contributed by atoms with Crippen LogP contribution >= 0.6 is 0 Å². The van der Waals surface area contributed by atoms with Crippen LogP contribution in [0.15, 0.2) is 66.7 Å². The average molecular weight is 286 g/mol. The van der Waals surface area contributed by atoms with Crippen LogP contribution in [0.4, 0.5) is 0 Å². The van der Waals surface area contributed by atoms with E-state index in [1.54, 1.807) is 0 Å². The minimum absolute atomic E-state index is 0.0520. The molecule has 106 valence electrons. The van der Waals surface area contributed by atoms with E-state index in [-0.39, 0.29) is 6.42 Å². The lowest BCUT2D eigenvalue weighted by atomic mass is 9.94. The summed E-state index contributed by atoms with van der Waals surface area (Å²) in [5, 5.41) is 16.0. The van der Waals surface area contributed by atoms with Crippen molar-refractivity contribution in [3.63, 3.8) is 0 Å². The molecule has 1 N–H and O–H groups in total. The van der Waals surface area contributed by atoms with E-state index in [4.69, 9.17) is 5.11 Å². The number of carboxylic acids is 1. The van der Waals surface area contributed by atoms with Gasteiger partial charge in [0.25, 0.3) is 0 Å². The van der Waals surface area contributed by atoms with Crippen LogP contribution in [-0.2, 0) is 11.2 Å². The van der Waals surface area contributed by atoms with Gasteiger partial charge in [0.15, 0.2) is 0 Å². The summed E-state index contributed by atoms with van der Waals surface area (Å²) >= 11 is 0. The van der Waals surface area contributed by atoms with E-state index in [0.29, 0.717) is 0 Å². The Morgan fingerprint density at radius 2 is 1.32 bits per heavy atom. The van der Waals surface area contributed by atoms with Gasteiger partial charge in [-0.05, 0) is 37.9 Å². The average Bonchev–Trinajstić information content (AvgIpc) is 2.54. The molecule has 0 unspecified atom stereocenters. The van der Waals surface area contributed by atoms with Crippen LogP contribution in [0.3, 0.4) is 0 Å². The fraction of sp³-hybridized carbons (Fsp3) is 0.0500. The Kier molecular flexibility index (Phi) is 2.83. The number of aliphatic carboxylic acids is 1. The van der Waals surface area contributed by atoms with Gasteiger partial charge in [0.2, 0.25) is 0 Å². The molecule has 0 fully saturated rings. The van der Waals surface area contributed by atoms with Crippen molar-refractivity contribution in [1.82, 2.24) is 0 Å². The molecule has 2 heteroatoms. The van der Waals surface area contributed by atoms with Crippen LogP contribution in [0.25, 0.3) is 32.3 Å². The Bertz CT molecular complexity index is 1030. The Morgan fingerprint density at radius 3 is 2.18 bits per heavy atom. The molecule has 0 aliphatic heterocycles. The van der Waals surface area contributed by atoms with E-state index < -0.39 is 5.97 Å². The topological polar surface area (TPSA) is 37.3 Å². The van der Waals surface area contributed by atoms with Crippen molar-refractivity contribution in [1.29, 1.82) is 0 Å². The monoisotopic (exact) mass is 286 g/mol. The van der Waals surface area contributed by atoms with Crippen molar-refractivity contribution < 1.29 is 9.90 Å². The van der Waals surface area contributed by atoms with Crippen LogP contribution in [0.2, 0.25) is 0 Å². The molecule has 4 aromatic carbocycles. The second-order valence-electron chi connectivity index (χ2n) is 5.53. The summed E-state index contributed by atoms with van der Waals surface area (Å²) in [6.07, 6.45) is 0.0520. The van der Waals surface area contributed by atoms with Crippen LogP contribution in [-0.4, -0.2) is 11.1 Å². The largest absolute Gasteiger partial charge is 0.481 e. The van der Waals surface area contributed by atoms with Gasteiger partial charge in [-0.1, -0.05) is 66.7 Å². The highest BCUT2D eigenvalue weighted by Crippen LogP contribution is 2.32. The molecule has 4 aromatic rings. The lowest BCUT2D eigenvalue weighted by Crippen LogP contribution is -2.00. The van der Waals surface area contributed by atoms with Gasteiger partial charge in [-0.15, -0.1) is 0 Å². The molecule has 0 saturated heterocycles. The minimum Gasteiger partial charge on any atom is -0.481 e. The maximum absolute atomic E-state index is 11.1. The SMILES string of the molecule is O=C(O)Cc1cccc2c1ccc1c3ccccc3ccc21. The van der Waals surface area contributed by atoms with Gasteiger partial charge in [-0.2, -0.15) is 0 Å². The van der Waals surface area contributed by atoms with Gasteiger partial charge < -0.3 is 5.11 Å². The van der Waals surface area contributed by atoms with Gasteiger partial charge in [0, 0.05) is 0 Å². The quantitative estimate of drug-likeness (QED) is 0.539. The fourth-order valence-corrected chi connectivity index (χ4v) is 3.24. The van der Waals surface area contributed by atoms with E-state index in [9.17, 15) is 4.79 Å². The summed E-state index contributed by atoms with van der Waals surface area (Å²) in [5.74, 6) is -0.800. The first kappa shape index (κ1) is 12.8. The molecule has 0 aliphatic rings. The van der Waals surface area contributed by atoms with E-state index in [1.807, 2.05) is 30.3 Å². The lowest BCUT2D eigenvalue weighted by molar-refractivity contribution is -0.136. The van der Waals surface area contributed by atoms with Crippen LogP contribution < -0.4 is 0 Å². The highest BCUT2D eigenvalue weighted by Gasteiger charge is 2.09. The molecule has 0 atom stereocenters.